The van der Waals surface area contributed by atoms with Gasteiger partial charge in [0.05, 0.1) is 18.7 Å². The Labute approximate surface area is 130 Å². The van der Waals surface area contributed by atoms with Crippen LogP contribution in [0.4, 0.5) is 5.95 Å². The van der Waals surface area contributed by atoms with E-state index in [-0.39, 0.29) is 5.95 Å². The van der Waals surface area contributed by atoms with Gasteiger partial charge >= 0.3 is 0 Å². The zero-order valence-electron chi connectivity index (χ0n) is 11.7. The van der Waals surface area contributed by atoms with Crippen molar-refractivity contribution < 1.29 is 9.15 Å². The second-order valence-corrected chi connectivity index (χ2v) is 4.81. The highest BCUT2D eigenvalue weighted by atomic mass is 35.5. The lowest BCUT2D eigenvalue weighted by atomic mass is 10.2. The van der Waals surface area contributed by atoms with E-state index in [1.54, 1.807) is 19.2 Å². The van der Waals surface area contributed by atoms with Gasteiger partial charge in [-0.2, -0.15) is 0 Å². The zero-order chi connectivity index (χ0) is 15.5. The summed E-state index contributed by atoms with van der Waals surface area (Å²) in [5.41, 5.74) is 9.33. The summed E-state index contributed by atoms with van der Waals surface area (Å²) < 4.78 is 10.9. The highest BCUT2D eigenvalue weighted by molar-refractivity contribution is 6.32. The number of benzene rings is 1. The van der Waals surface area contributed by atoms with Crippen LogP contribution in [-0.4, -0.2) is 27.4 Å². The van der Waals surface area contributed by atoms with Gasteiger partial charge in [-0.05, 0) is 40.8 Å². The maximum Gasteiger partial charge on any atom is 0.260 e. The SMILES string of the molecule is COc1ccc(-c2ccc(CNn3nnnc3N)o2)cc1Cl. The van der Waals surface area contributed by atoms with Gasteiger partial charge in [0.25, 0.3) is 5.95 Å². The van der Waals surface area contributed by atoms with Gasteiger partial charge in [0, 0.05) is 5.56 Å². The molecule has 22 heavy (non-hydrogen) atoms. The first-order valence-electron chi connectivity index (χ1n) is 6.37. The molecule has 8 nitrogen and oxygen atoms in total. The van der Waals surface area contributed by atoms with Crippen molar-refractivity contribution in [3.63, 3.8) is 0 Å². The molecule has 9 heteroatoms. The summed E-state index contributed by atoms with van der Waals surface area (Å²) in [5.74, 6) is 2.20. The molecule has 3 rings (SSSR count). The van der Waals surface area contributed by atoms with E-state index >= 15 is 0 Å². The number of aromatic nitrogens is 4. The van der Waals surface area contributed by atoms with Crippen LogP contribution in [-0.2, 0) is 6.54 Å². The zero-order valence-corrected chi connectivity index (χ0v) is 12.4. The average molecular weight is 321 g/mol. The van der Waals surface area contributed by atoms with Crippen molar-refractivity contribution in [2.45, 2.75) is 6.54 Å². The quantitative estimate of drug-likeness (QED) is 0.740. The lowest BCUT2D eigenvalue weighted by Gasteiger charge is -2.05. The molecule has 0 fully saturated rings. The van der Waals surface area contributed by atoms with E-state index < -0.39 is 0 Å². The molecule has 0 aliphatic rings. The summed E-state index contributed by atoms with van der Waals surface area (Å²) in [4.78, 5) is 1.27. The molecule has 0 saturated heterocycles. The van der Waals surface area contributed by atoms with Crippen LogP contribution in [0.1, 0.15) is 5.76 Å². The Morgan fingerprint density at radius 3 is 2.91 bits per heavy atom. The number of ether oxygens (including phenoxy) is 1. The minimum absolute atomic E-state index is 0.175. The number of nitrogens with zero attached hydrogens (tertiary/aromatic N) is 4. The molecule has 0 bridgehead atoms. The number of furan rings is 1. The molecular weight excluding hydrogens is 308 g/mol. The molecule has 114 valence electrons. The van der Waals surface area contributed by atoms with Crippen LogP contribution >= 0.6 is 11.6 Å². The largest absolute Gasteiger partial charge is 0.495 e. The number of nitrogens with two attached hydrogens (primary N) is 1. The third kappa shape index (κ3) is 2.82. The molecule has 0 aliphatic carbocycles. The molecule has 0 amide bonds. The van der Waals surface area contributed by atoms with Crippen LogP contribution < -0.4 is 15.9 Å². The van der Waals surface area contributed by atoms with Crippen molar-refractivity contribution in [2.75, 3.05) is 18.3 Å². The number of nitrogens with one attached hydrogen (secondary N) is 1. The van der Waals surface area contributed by atoms with Crippen LogP contribution in [0.5, 0.6) is 5.75 Å². The molecule has 0 spiro atoms. The second-order valence-electron chi connectivity index (χ2n) is 4.40. The van der Waals surface area contributed by atoms with E-state index in [2.05, 4.69) is 21.0 Å². The van der Waals surface area contributed by atoms with E-state index in [1.165, 1.54) is 4.79 Å². The fraction of sp³-hybridized carbons (Fsp3) is 0.154. The Morgan fingerprint density at radius 2 is 2.23 bits per heavy atom. The summed E-state index contributed by atoms with van der Waals surface area (Å²) in [6.07, 6.45) is 0. The predicted molar refractivity (Wildman–Crippen MR) is 81.0 cm³/mol. The van der Waals surface area contributed by atoms with E-state index in [1.807, 2.05) is 18.2 Å². The smallest absolute Gasteiger partial charge is 0.260 e. The van der Waals surface area contributed by atoms with Crippen molar-refractivity contribution in [1.29, 1.82) is 0 Å². The Kier molecular flexibility index (Phi) is 3.84. The van der Waals surface area contributed by atoms with Crippen molar-refractivity contribution in [1.82, 2.24) is 20.3 Å². The van der Waals surface area contributed by atoms with Crippen molar-refractivity contribution >= 4 is 17.5 Å². The van der Waals surface area contributed by atoms with E-state index in [4.69, 9.17) is 26.5 Å². The number of anilines is 1. The lowest BCUT2D eigenvalue weighted by molar-refractivity contribution is 0.415. The maximum atomic E-state index is 6.11. The first-order valence-corrected chi connectivity index (χ1v) is 6.75. The highest BCUT2D eigenvalue weighted by Gasteiger charge is 2.09. The first kappa shape index (κ1) is 14.2. The molecule has 0 radical (unpaired) electrons. The van der Waals surface area contributed by atoms with E-state index in [9.17, 15) is 0 Å². The van der Waals surface area contributed by atoms with E-state index in [0.29, 0.717) is 28.8 Å². The molecule has 3 aromatic rings. The predicted octanol–water partition coefficient (Wildman–Crippen LogP) is 1.92. The van der Waals surface area contributed by atoms with Gasteiger partial charge in [-0.25, -0.2) is 0 Å². The second kappa shape index (κ2) is 5.94. The first-order chi connectivity index (χ1) is 10.7. The number of rotatable bonds is 5. The minimum atomic E-state index is 0.175. The van der Waals surface area contributed by atoms with E-state index in [0.717, 1.165) is 5.56 Å². The van der Waals surface area contributed by atoms with Gasteiger partial charge in [0.1, 0.15) is 17.3 Å². The molecule has 3 N–H and O–H groups in total. The van der Waals surface area contributed by atoms with Crippen LogP contribution in [0, 0.1) is 0 Å². The van der Waals surface area contributed by atoms with Gasteiger partial charge in [0.2, 0.25) is 0 Å². The van der Waals surface area contributed by atoms with Gasteiger partial charge in [0.15, 0.2) is 0 Å². The maximum absolute atomic E-state index is 6.11. The summed E-state index contributed by atoms with van der Waals surface area (Å²) >= 11 is 6.11. The molecule has 2 aromatic heterocycles. The van der Waals surface area contributed by atoms with Crippen LogP contribution in [0.2, 0.25) is 5.02 Å². The van der Waals surface area contributed by atoms with Crippen molar-refractivity contribution in [3.05, 3.63) is 41.1 Å². The Hall–Kier alpha value is -2.74. The molecule has 0 saturated carbocycles. The Balaban J connectivity index is 1.73. The third-order valence-corrected chi connectivity index (χ3v) is 3.29. The Morgan fingerprint density at radius 1 is 1.36 bits per heavy atom. The van der Waals surface area contributed by atoms with Crippen LogP contribution in [0.3, 0.4) is 0 Å². The Bertz CT molecular complexity index is 784. The van der Waals surface area contributed by atoms with Crippen molar-refractivity contribution in [3.8, 4) is 17.1 Å². The standard InChI is InChI=1S/C13H13ClN6O2/c1-21-12-4-2-8(6-10(12)14)11-5-3-9(22-11)7-16-20-13(15)17-18-19-20/h2-6,16H,7H2,1H3,(H2,15,17,19). The number of nitrogen functional groups attached to an aromatic ring is 1. The van der Waals surface area contributed by atoms with Gasteiger partial charge in [-0.1, -0.05) is 16.7 Å². The number of hydrogen-bond acceptors (Lipinski definition) is 7. The molecule has 0 aliphatic heterocycles. The fourth-order valence-electron chi connectivity index (χ4n) is 1.91. The summed E-state index contributed by atoms with van der Waals surface area (Å²) in [6, 6.07) is 9.16. The number of halogens is 1. The average Bonchev–Trinajstić information content (AvgIpc) is 3.14. The van der Waals surface area contributed by atoms with Gasteiger partial charge < -0.3 is 14.9 Å². The lowest BCUT2D eigenvalue weighted by Crippen LogP contribution is -2.18. The van der Waals surface area contributed by atoms with Gasteiger partial charge in [-0.3, -0.25) is 5.43 Å². The highest BCUT2D eigenvalue weighted by Crippen LogP contribution is 2.31. The molecule has 0 unspecified atom stereocenters. The fourth-order valence-corrected chi connectivity index (χ4v) is 2.16. The van der Waals surface area contributed by atoms with Crippen LogP contribution in [0.15, 0.2) is 34.7 Å². The minimum Gasteiger partial charge on any atom is -0.495 e. The summed E-state index contributed by atoms with van der Waals surface area (Å²) in [5, 5.41) is 11.2. The summed E-state index contributed by atoms with van der Waals surface area (Å²) in [7, 11) is 1.57. The molecule has 2 heterocycles. The summed E-state index contributed by atoms with van der Waals surface area (Å²) in [6.45, 7) is 0.388. The van der Waals surface area contributed by atoms with Crippen LogP contribution in [0.25, 0.3) is 11.3 Å². The van der Waals surface area contributed by atoms with Crippen molar-refractivity contribution in [2.24, 2.45) is 0 Å². The number of methoxy groups -OCH3 is 1. The number of hydrogen-bond donors (Lipinski definition) is 2. The van der Waals surface area contributed by atoms with Gasteiger partial charge in [-0.15, -0.1) is 4.79 Å². The molecule has 0 atom stereocenters. The monoisotopic (exact) mass is 320 g/mol. The molecule has 1 aromatic carbocycles. The third-order valence-electron chi connectivity index (χ3n) is 2.99. The molecular formula is C13H13ClN6O2. The topological polar surface area (TPSA) is 104 Å². The normalized spacial score (nSPS) is 10.6. The number of tetrazole rings is 1.